The highest BCUT2D eigenvalue weighted by molar-refractivity contribution is 5.73. The number of nitrogens with one attached hydrogen (secondary N) is 1. The zero-order valence-electron chi connectivity index (χ0n) is 7.67. The molecule has 0 aliphatic carbocycles. The summed E-state index contributed by atoms with van der Waals surface area (Å²) < 4.78 is 12.8. The molecule has 0 spiro atoms. The summed E-state index contributed by atoms with van der Waals surface area (Å²) in [6, 6.07) is 6.06. The Morgan fingerprint density at radius 3 is 2.77 bits per heavy atom. The minimum atomic E-state index is -0.283. The highest BCUT2D eigenvalue weighted by Crippen LogP contribution is 2.12. The van der Waals surface area contributed by atoms with Crippen LogP contribution in [0.4, 0.5) is 4.39 Å². The number of amides is 1. The molecule has 0 fully saturated rings. The molecule has 0 aromatic heterocycles. The van der Waals surface area contributed by atoms with Crippen molar-refractivity contribution in [1.29, 1.82) is 0 Å². The van der Waals surface area contributed by atoms with Gasteiger partial charge in [-0.05, 0) is 24.6 Å². The predicted octanol–water partition coefficient (Wildman–Crippen LogP) is 2.02. The van der Waals surface area contributed by atoms with Gasteiger partial charge in [0.2, 0.25) is 5.91 Å². The molecule has 13 heavy (non-hydrogen) atoms. The lowest BCUT2D eigenvalue weighted by Gasteiger charge is -2.12. The number of carbonyl (C=O) groups is 1. The molecule has 1 atom stereocenters. The molecule has 70 valence electrons. The van der Waals surface area contributed by atoms with Gasteiger partial charge >= 0.3 is 0 Å². The van der Waals surface area contributed by atoms with Gasteiger partial charge in [-0.3, -0.25) is 4.79 Å². The third kappa shape index (κ3) is 2.86. The molecule has 0 saturated carbocycles. The maximum atomic E-state index is 12.8. The van der Waals surface area contributed by atoms with Gasteiger partial charge in [0.25, 0.3) is 0 Å². The van der Waals surface area contributed by atoms with Crippen LogP contribution in [-0.2, 0) is 4.79 Å². The van der Waals surface area contributed by atoms with Crippen LogP contribution in [0.3, 0.4) is 0 Å². The second-order valence-electron chi connectivity index (χ2n) is 2.98. The Bertz CT molecular complexity index is 312. The van der Waals surface area contributed by atoms with E-state index >= 15 is 0 Å². The van der Waals surface area contributed by atoms with Crippen molar-refractivity contribution in [2.24, 2.45) is 0 Å². The fourth-order valence-electron chi connectivity index (χ4n) is 1.16. The monoisotopic (exact) mass is 181 g/mol. The van der Waals surface area contributed by atoms with E-state index in [9.17, 15) is 9.18 Å². The molecule has 1 amide bonds. The second kappa shape index (κ2) is 4.03. The Balaban J connectivity index is 2.76. The lowest BCUT2D eigenvalue weighted by Crippen LogP contribution is -2.23. The molecule has 3 heteroatoms. The van der Waals surface area contributed by atoms with E-state index in [-0.39, 0.29) is 17.8 Å². The molecule has 0 aliphatic rings. The summed E-state index contributed by atoms with van der Waals surface area (Å²) in [4.78, 5) is 10.7. The molecule has 1 aromatic carbocycles. The van der Waals surface area contributed by atoms with Crippen LogP contribution in [0.1, 0.15) is 25.5 Å². The molecule has 0 bridgehead atoms. The number of benzene rings is 1. The van der Waals surface area contributed by atoms with Crippen molar-refractivity contribution in [2.75, 3.05) is 0 Å². The van der Waals surface area contributed by atoms with Gasteiger partial charge < -0.3 is 5.32 Å². The van der Waals surface area contributed by atoms with Crippen LogP contribution in [0, 0.1) is 5.82 Å². The Kier molecular flexibility index (Phi) is 3.01. The van der Waals surface area contributed by atoms with Crippen molar-refractivity contribution < 1.29 is 9.18 Å². The third-order valence-corrected chi connectivity index (χ3v) is 1.77. The SMILES string of the molecule is CC(=O)N[C@H](C)c1cccc(F)c1. The molecule has 0 saturated heterocycles. The first-order valence-corrected chi connectivity index (χ1v) is 4.12. The van der Waals surface area contributed by atoms with E-state index in [0.717, 1.165) is 5.56 Å². The van der Waals surface area contributed by atoms with Gasteiger partial charge in [0.1, 0.15) is 5.82 Å². The van der Waals surface area contributed by atoms with E-state index in [0.29, 0.717) is 0 Å². The van der Waals surface area contributed by atoms with Crippen molar-refractivity contribution in [3.05, 3.63) is 35.6 Å². The minimum Gasteiger partial charge on any atom is -0.350 e. The van der Waals surface area contributed by atoms with Crippen LogP contribution in [0.2, 0.25) is 0 Å². The highest BCUT2D eigenvalue weighted by Gasteiger charge is 2.06. The second-order valence-corrected chi connectivity index (χ2v) is 2.98. The van der Waals surface area contributed by atoms with Gasteiger partial charge in [-0.25, -0.2) is 4.39 Å². The zero-order valence-corrected chi connectivity index (χ0v) is 7.67. The first-order valence-electron chi connectivity index (χ1n) is 4.12. The van der Waals surface area contributed by atoms with Crippen molar-refractivity contribution in [3.63, 3.8) is 0 Å². The quantitative estimate of drug-likeness (QED) is 0.743. The lowest BCUT2D eigenvalue weighted by atomic mass is 10.1. The summed E-state index contributed by atoms with van der Waals surface area (Å²) in [5.41, 5.74) is 0.773. The molecule has 0 heterocycles. The predicted molar refractivity (Wildman–Crippen MR) is 48.6 cm³/mol. The van der Waals surface area contributed by atoms with Gasteiger partial charge in [-0.1, -0.05) is 12.1 Å². The fourth-order valence-corrected chi connectivity index (χ4v) is 1.16. The van der Waals surface area contributed by atoms with Gasteiger partial charge in [-0.2, -0.15) is 0 Å². The largest absolute Gasteiger partial charge is 0.350 e. The number of hydrogen-bond acceptors (Lipinski definition) is 1. The molecule has 1 rings (SSSR count). The summed E-state index contributed by atoms with van der Waals surface area (Å²) >= 11 is 0. The molecule has 1 N–H and O–H groups in total. The molecule has 2 nitrogen and oxygen atoms in total. The highest BCUT2D eigenvalue weighted by atomic mass is 19.1. The number of carbonyl (C=O) groups excluding carboxylic acids is 1. The van der Waals surface area contributed by atoms with E-state index in [2.05, 4.69) is 5.32 Å². The van der Waals surface area contributed by atoms with Gasteiger partial charge in [0.15, 0.2) is 0 Å². The summed E-state index contributed by atoms with van der Waals surface area (Å²) in [5, 5.41) is 2.68. The van der Waals surface area contributed by atoms with Crippen molar-refractivity contribution in [2.45, 2.75) is 19.9 Å². The Morgan fingerprint density at radius 2 is 2.23 bits per heavy atom. The van der Waals surface area contributed by atoms with E-state index in [1.54, 1.807) is 12.1 Å². The minimum absolute atomic E-state index is 0.114. The normalized spacial score (nSPS) is 12.2. The van der Waals surface area contributed by atoms with E-state index < -0.39 is 0 Å². The first-order chi connectivity index (χ1) is 6.09. The molecule has 1 aromatic rings. The molecule has 0 unspecified atom stereocenters. The van der Waals surface area contributed by atoms with Crippen molar-refractivity contribution >= 4 is 5.91 Å². The first kappa shape index (κ1) is 9.71. The smallest absolute Gasteiger partial charge is 0.217 e. The third-order valence-electron chi connectivity index (χ3n) is 1.77. The number of rotatable bonds is 2. The Labute approximate surface area is 76.8 Å². The van der Waals surface area contributed by atoms with Crippen LogP contribution in [-0.4, -0.2) is 5.91 Å². The Morgan fingerprint density at radius 1 is 1.54 bits per heavy atom. The van der Waals surface area contributed by atoms with Gasteiger partial charge in [0.05, 0.1) is 6.04 Å². The fraction of sp³-hybridized carbons (Fsp3) is 0.300. The average molecular weight is 181 g/mol. The number of halogens is 1. The average Bonchev–Trinajstić information content (AvgIpc) is 2.03. The van der Waals surface area contributed by atoms with E-state index in [4.69, 9.17) is 0 Å². The molecule has 0 radical (unpaired) electrons. The topological polar surface area (TPSA) is 29.1 Å². The van der Waals surface area contributed by atoms with Crippen LogP contribution in [0.25, 0.3) is 0 Å². The summed E-state index contributed by atoms with van der Waals surface area (Å²) in [5.74, 6) is -0.397. The molecule has 0 aliphatic heterocycles. The summed E-state index contributed by atoms with van der Waals surface area (Å²) in [6.07, 6.45) is 0. The van der Waals surface area contributed by atoms with E-state index in [1.807, 2.05) is 6.92 Å². The van der Waals surface area contributed by atoms with Crippen LogP contribution in [0.5, 0.6) is 0 Å². The summed E-state index contributed by atoms with van der Waals surface area (Å²) in [6.45, 7) is 3.26. The molecular formula is C10H12FNO. The maximum Gasteiger partial charge on any atom is 0.217 e. The van der Waals surface area contributed by atoms with Crippen molar-refractivity contribution in [3.8, 4) is 0 Å². The summed E-state index contributed by atoms with van der Waals surface area (Å²) in [7, 11) is 0. The van der Waals surface area contributed by atoms with Gasteiger partial charge in [0, 0.05) is 6.92 Å². The zero-order chi connectivity index (χ0) is 9.84. The lowest BCUT2D eigenvalue weighted by molar-refractivity contribution is -0.119. The maximum absolute atomic E-state index is 12.8. The Hall–Kier alpha value is -1.38. The van der Waals surface area contributed by atoms with Crippen LogP contribution in [0.15, 0.2) is 24.3 Å². The van der Waals surface area contributed by atoms with Crippen molar-refractivity contribution in [1.82, 2.24) is 5.32 Å². The molecular weight excluding hydrogens is 169 g/mol. The van der Waals surface area contributed by atoms with E-state index in [1.165, 1.54) is 19.1 Å². The van der Waals surface area contributed by atoms with Gasteiger partial charge in [-0.15, -0.1) is 0 Å². The van der Waals surface area contributed by atoms with Crippen LogP contribution >= 0.6 is 0 Å². The van der Waals surface area contributed by atoms with Crippen LogP contribution < -0.4 is 5.32 Å². The number of hydrogen-bond donors (Lipinski definition) is 1. The standard InChI is InChI=1S/C10H12FNO/c1-7(12-8(2)13)9-4-3-5-10(11)6-9/h3-7H,1-2H3,(H,12,13)/t7-/m1/s1.